The van der Waals surface area contributed by atoms with E-state index in [9.17, 15) is 13.2 Å². The van der Waals surface area contributed by atoms with Gasteiger partial charge in [-0.15, -0.1) is 10.2 Å². The highest BCUT2D eigenvalue weighted by Crippen LogP contribution is 2.36. The summed E-state index contributed by atoms with van der Waals surface area (Å²) in [6.07, 6.45) is -3.83. The number of benzene rings is 1. The van der Waals surface area contributed by atoms with Crippen LogP contribution < -0.4 is 5.73 Å². The minimum absolute atomic E-state index is 0.0671. The average molecular weight is 296 g/mol. The maximum atomic E-state index is 12.9. The molecule has 0 amide bonds. The summed E-state index contributed by atoms with van der Waals surface area (Å²) in [5.41, 5.74) is 8.07. The maximum absolute atomic E-state index is 12.9. The smallest absolute Gasteiger partial charge is 0.393 e. The summed E-state index contributed by atoms with van der Waals surface area (Å²) < 4.78 is 40.3. The number of aryl methyl sites for hydroxylation is 2. The van der Waals surface area contributed by atoms with Crippen molar-refractivity contribution in [3.8, 4) is 11.4 Å². The number of anilines is 1. The maximum Gasteiger partial charge on any atom is 0.393 e. The number of aromatic nitrogens is 3. The summed E-state index contributed by atoms with van der Waals surface area (Å²) in [7, 11) is 0. The van der Waals surface area contributed by atoms with Crippen molar-refractivity contribution in [2.75, 3.05) is 5.73 Å². The Kier molecular flexibility index (Phi) is 3.15. The highest BCUT2D eigenvalue weighted by molar-refractivity contribution is 5.64. The van der Waals surface area contributed by atoms with E-state index in [-0.39, 0.29) is 13.0 Å². The van der Waals surface area contributed by atoms with Gasteiger partial charge in [0.25, 0.3) is 0 Å². The molecule has 1 aromatic carbocycles. The van der Waals surface area contributed by atoms with Crippen LogP contribution in [0.25, 0.3) is 11.4 Å². The number of halogens is 3. The topological polar surface area (TPSA) is 56.7 Å². The monoisotopic (exact) mass is 296 g/mol. The quantitative estimate of drug-likeness (QED) is 0.823. The third-order valence-electron chi connectivity index (χ3n) is 3.95. The number of alkyl halides is 3. The molecule has 21 heavy (non-hydrogen) atoms. The summed E-state index contributed by atoms with van der Waals surface area (Å²) >= 11 is 0. The first-order chi connectivity index (χ1) is 9.86. The Morgan fingerprint density at radius 3 is 2.71 bits per heavy atom. The molecule has 112 valence electrons. The Labute approximate surface area is 119 Å². The number of rotatable bonds is 1. The van der Waals surface area contributed by atoms with Crippen LogP contribution in [0.5, 0.6) is 0 Å². The average Bonchev–Trinajstić information content (AvgIpc) is 2.84. The molecule has 1 aromatic heterocycles. The second kappa shape index (κ2) is 4.75. The SMILES string of the molecule is Cc1ccc(-c2nnc3n2CC(C(F)(F)F)CC3)cc1N. The van der Waals surface area contributed by atoms with E-state index < -0.39 is 12.1 Å². The predicted molar refractivity (Wildman–Crippen MR) is 72.5 cm³/mol. The molecule has 4 nitrogen and oxygen atoms in total. The molecule has 1 atom stereocenters. The predicted octanol–water partition coefficient (Wildman–Crippen LogP) is 2.96. The molecule has 0 bridgehead atoms. The van der Waals surface area contributed by atoms with Gasteiger partial charge in [0.2, 0.25) is 0 Å². The molecule has 1 aliphatic rings. The van der Waals surface area contributed by atoms with E-state index >= 15 is 0 Å². The van der Waals surface area contributed by atoms with Crippen molar-refractivity contribution in [2.24, 2.45) is 5.92 Å². The van der Waals surface area contributed by atoms with Crippen molar-refractivity contribution in [1.82, 2.24) is 14.8 Å². The molecule has 3 rings (SSSR count). The standard InChI is InChI=1S/C14H15F3N4/c1-8-2-3-9(6-11(8)18)13-20-19-12-5-4-10(7-21(12)13)14(15,16)17/h2-3,6,10H,4-5,7,18H2,1H3. The fourth-order valence-electron chi connectivity index (χ4n) is 2.59. The van der Waals surface area contributed by atoms with Gasteiger partial charge in [-0.3, -0.25) is 0 Å². The Morgan fingerprint density at radius 1 is 1.29 bits per heavy atom. The largest absolute Gasteiger partial charge is 0.398 e. The lowest BCUT2D eigenvalue weighted by Crippen LogP contribution is -2.32. The van der Waals surface area contributed by atoms with Gasteiger partial charge >= 0.3 is 6.18 Å². The minimum atomic E-state index is -4.19. The number of nitrogen functional groups attached to an aromatic ring is 1. The fourth-order valence-corrected chi connectivity index (χ4v) is 2.59. The van der Waals surface area contributed by atoms with Crippen molar-refractivity contribution in [3.63, 3.8) is 0 Å². The summed E-state index contributed by atoms with van der Waals surface area (Å²) in [5.74, 6) is -0.294. The van der Waals surface area contributed by atoms with Gasteiger partial charge in [-0.25, -0.2) is 0 Å². The van der Waals surface area contributed by atoms with E-state index in [2.05, 4.69) is 10.2 Å². The van der Waals surface area contributed by atoms with Gasteiger partial charge in [0.05, 0.1) is 5.92 Å². The van der Waals surface area contributed by atoms with Crippen molar-refractivity contribution >= 4 is 5.69 Å². The Balaban J connectivity index is 2.00. The summed E-state index contributed by atoms with van der Waals surface area (Å²) in [6.45, 7) is 1.74. The van der Waals surface area contributed by atoms with E-state index in [0.29, 0.717) is 29.3 Å². The van der Waals surface area contributed by atoms with Crippen molar-refractivity contribution in [1.29, 1.82) is 0 Å². The summed E-state index contributed by atoms with van der Waals surface area (Å²) in [6, 6.07) is 5.36. The van der Waals surface area contributed by atoms with Crippen LogP contribution in [0.15, 0.2) is 18.2 Å². The second-order valence-corrected chi connectivity index (χ2v) is 5.40. The van der Waals surface area contributed by atoms with Crippen molar-refractivity contribution in [3.05, 3.63) is 29.6 Å². The normalized spacial score (nSPS) is 18.6. The van der Waals surface area contributed by atoms with Crippen LogP contribution in [0.3, 0.4) is 0 Å². The van der Waals surface area contributed by atoms with Gasteiger partial charge in [0.15, 0.2) is 5.82 Å². The molecule has 0 spiro atoms. The van der Waals surface area contributed by atoms with Gasteiger partial charge in [-0.2, -0.15) is 13.2 Å². The van der Waals surface area contributed by atoms with Crippen molar-refractivity contribution in [2.45, 2.75) is 32.5 Å². The van der Waals surface area contributed by atoms with Crippen LogP contribution in [0, 0.1) is 12.8 Å². The molecule has 0 fully saturated rings. The van der Waals surface area contributed by atoms with E-state index in [1.54, 1.807) is 16.7 Å². The van der Waals surface area contributed by atoms with E-state index in [1.807, 2.05) is 13.0 Å². The fraction of sp³-hybridized carbons (Fsp3) is 0.429. The Hall–Kier alpha value is -2.05. The minimum Gasteiger partial charge on any atom is -0.398 e. The summed E-state index contributed by atoms with van der Waals surface area (Å²) in [4.78, 5) is 0. The lowest BCUT2D eigenvalue weighted by molar-refractivity contribution is -0.182. The number of hydrogen-bond acceptors (Lipinski definition) is 3. The second-order valence-electron chi connectivity index (χ2n) is 5.40. The third kappa shape index (κ3) is 2.48. The van der Waals surface area contributed by atoms with Gasteiger partial charge in [0, 0.05) is 24.2 Å². The molecule has 7 heteroatoms. The molecular formula is C14H15F3N4. The molecule has 0 saturated carbocycles. The zero-order valence-corrected chi connectivity index (χ0v) is 11.5. The van der Waals surface area contributed by atoms with Gasteiger partial charge in [-0.05, 0) is 25.0 Å². The number of fused-ring (bicyclic) bond motifs is 1. The van der Waals surface area contributed by atoms with Crippen molar-refractivity contribution < 1.29 is 13.2 Å². The number of nitrogens with zero attached hydrogens (tertiary/aromatic N) is 3. The van der Waals surface area contributed by atoms with Gasteiger partial charge < -0.3 is 10.3 Å². The molecule has 0 aliphatic carbocycles. The van der Waals surface area contributed by atoms with E-state index in [0.717, 1.165) is 5.56 Å². The number of hydrogen-bond donors (Lipinski definition) is 1. The van der Waals surface area contributed by atoms with Crippen LogP contribution >= 0.6 is 0 Å². The highest BCUT2D eigenvalue weighted by Gasteiger charge is 2.42. The third-order valence-corrected chi connectivity index (χ3v) is 3.95. The molecule has 1 aliphatic heterocycles. The molecule has 0 saturated heterocycles. The van der Waals surface area contributed by atoms with Crippen LogP contribution in [0.4, 0.5) is 18.9 Å². The van der Waals surface area contributed by atoms with E-state index in [1.165, 1.54) is 0 Å². The lowest BCUT2D eigenvalue weighted by atomic mass is 9.98. The van der Waals surface area contributed by atoms with Gasteiger partial charge in [-0.1, -0.05) is 12.1 Å². The molecule has 2 heterocycles. The first kappa shape index (κ1) is 13.9. The number of nitrogens with two attached hydrogens (primary N) is 1. The van der Waals surface area contributed by atoms with Crippen LogP contribution in [0.2, 0.25) is 0 Å². The zero-order valence-electron chi connectivity index (χ0n) is 11.5. The highest BCUT2D eigenvalue weighted by atomic mass is 19.4. The molecular weight excluding hydrogens is 281 g/mol. The molecule has 1 unspecified atom stereocenters. The first-order valence-electron chi connectivity index (χ1n) is 6.71. The lowest BCUT2D eigenvalue weighted by Gasteiger charge is -2.26. The molecule has 0 radical (unpaired) electrons. The Morgan fingerprint density at radius 2 is 2.05 bits per heavy atom. The van der Waals surface area contributed by atoms with Crippen LogP contribution in [-0.4, -0.2) is 20.9 Å². The molecule has 2 N–H and O–H groups in total. The van der Waals surface area contributed by atoms with E-state index in [4.69, 9.17) is 5.73 Å². The Bertz CT molecular complexity index is 675. The van der Waals surface area contributed by atoms with Crippen LogP contribution in [-0.2, 0) is 13.0 Å². The van der Waals surface area contributed by atoms with Crippen LogP contribution in [0.1, 0.15) is 17.8 Å². The zero-order chi connectivity index (χ0) is 15.2. The van der Waals surface area contributed by atoms with Gasteiger partial charge in [0.1, 0.15) is 5.82 Å². The molecule has 2 aromatic rings. The first-order valence-corrected chi connectivity index (χ1v) is 6.71. The summed E-state index contributed by atoms with van der Waals surface area (Å²) in [5, 5.41) is 8.05.